The molecule has 0 bridgehead atoms. The lowest BCUT2D eigenvalue weighted by Gasteiger charge is -2.09. The predicted octanol–water partition coefficient (Wildman–Crippen LogP) is 5.02. The summed E-state index contributed by atoms with van der Waals surface area (Å²) in [6.07, 6.45) is 1.71. The molecule has 0 saturated heterocycles. The molecule has 0 radical (unpaired) electrons. The Hall–Kier alpha value is -3.86. The van der Waals surface area contributed by atoms with Crippen molar-refractivity contribution in [3.63, 3.8) is 0 Å². The second-order valence-corrected chi connectivity index (χ2v) is 7.73. The second-order valence-electron chi connectivity index (χ2n) is 6.85. The van der Waals surface area contributed by atoms with Crippen LogP contribution in [0.1, 0.15) is 18.1 Å². The third-order valence-corrected chi connectivity index (χ3v) is 5.77. The topological polar surface area (TPSA) is 106 Å². The number of carbonyl (C=O) groups is 1. The molecule has 0 saturated carbocycles. The number of carbonyl (C=O) groups excluding carboxylic acids is 1. The number of anilines is 3. The van der Waals surface area contributed by atoms with Crippen molar-refractivity contribution >= 4 is 44.6 Å². The van der Waals surface area contributed by atoms with E-state index in [4.69, 9.17) is 11.5 Å². The van der Waals surface area contributed by atoms with Crippen molar-refractivity contribution in [2.75, 3.05) is 16.4 Å². The number of nitrogens with zero attached hydrogens (tertiary/aromatic N) is 1. The Balaban J connectivity index is 1.54. The van der Waals surface area contributed by atoms with Crippen molar-refractivity contribution in [2.24, 2.45) is 5.73 Å². The highest BCUT2D eigenvalue weighted by atomic mass is 32.1. The van der Waals surface area contributed by atoms with Crippen LogP contribution in [0.4, 0.5) is 22.0 Å². The largest absolute Gasteiger partial charge is 0.383 e. The van der Waals surface area contributed by atoms with Gasteiger partial charge in [0.2, 0.25) is 0 Å². The Labute approximate surface area is 184 Å². The van der Waals surface area contributed by atoms with E-state index in [-0.39, 0.29) is 6.03 Å². The van der Waals surface area contributed by atoms with Gasteiger partial charge >= 0.3 is 6.03 Å². The number of nitrogens with one attached hydrogen (secondary N) is 2. The van der Waals surface area contributed by atoms with Crippen molar-refractivity contribution in [2.45, 2.75) is 13.5 Å². The van der Waals surface area contributed by atoms with Crippen LogP contribution >= 0.6 is 11.3 Å². The molecule has 0 aliphatic carbocycles. The Morgan fingerprint density at radius 3 is 2.65 bits per heavy atom. The number of fused-ring (bicyclic) bond motifs is 1. The number of benzene rings is 2. The third-order valence-electron chi connectivity index (χ3n) is 4.76. The molecule has 6 N–H and O–H groups in total. The number of pyridine rings is 1. The van der Waals surface area contributed by atoms with Gasteiger partial charge in [-0.3, -0.25) is 0 Å². The summed E-state index contributed by atoms with van der Waals surface area (Å²) in [6, 6.07) is 14.7. The molecule has 0 aliphatic rings. The van der Waals surface area contributed by atoms with Crippen LogP contribution < -0.4 is 22.1 Å². The van der Waals surface area contributed by atoms with Gasteiger partial charge in [0.25, 0.3) is 0 Å². The monoisotopic (exact) mass is 427 g/mol. The van der Waals surface area contributed by atoms with Crippen molar-refractivity contribution < 1.29 is 4.79 Å². The molecule has 31 heavy (non-hydrogen) atoms. The number of amides is 2. The molecule has 7 heteroatoms. The summed E-state index contributed by atoms with van der Waals surface area (Å²) >= 11 is 1.60. The molecule has 0 unspecified atom stereocenters. The molecule has 0 fully saturated rings. The minimum atomic E-state index is -0.320. The van der Waals surface area contributed by atoms with E-state index >= 15 is 0 Å². The van der Waals surface area contributed by atoms with Gasteiger partial charge in [0.1, 0.15) is 5.82 Å². The first-order valence-corrected chi connectivity index (χ1v) is 10.5. The number of thiophene rings is 1. The number of hydrogen-bond acceptors (Lipinski definition) is 5. The lowest BCUT2D eigenvalue weighted by Crippen LogP contribution is -2.19. The summed E-state index contributed by atoms with van der Waals surface area (Å²) in [5.41, 5.74) is 17.0. The van der Waals surface area contributed by atoms with Gasteiger partial charge in [-0.1, -0.05) is 30.2 Å². The van der Waals surface area contributed by atoms with E-state index in [1.807, 2.05) is 48.5 Å². The molecule has 4 aromatic rings. The fourth-order valence-electron chi connectivity index (χ4n) is 3.31. The fraction of sp³-hybridized carbons (Fsp3) is 0.0833. The number of nitrogen functional groups attached to an aromatic ring is 1. The summed E-state index contributed by atoms with van der Waals surface area (Å²) < 4.78 is 1.03. The first-order chi connectivity index (χ1) is 15.1. The van der Waals surface area contributed by atoms with Gasteiger partial charge in [0, 0.05) is 35.1 Å². The summed E-state index contributed by atoms with van der Waals surface area (Å²) in [5, 5.41) is 8.62. The average Bonchev–Trinajstić information content (AvgIpc) is 3.23. The van der Waals surface area contributed by atoms with Crippen LogP contribution in [-0.2, 0) is 6.54 Å². The Morgan fingerprint density at radius 1 is 1.13 bits per heavy atom. The fourth-order valence-corrected chi connectivity index (χ4v) is 4.36. The van der Waals surface area contributed by atoms with Gasteiger partial charge in [-0.25, -0.2) is 9.78 Å². The van der Waals surface area contributed by atoms with Crippen molar-refractivity contribution in [3.8, 4) is 23.0 Å². The Kier molecular flexibility index (Phi) is 5.85. The van der Waals surface area contributed by atoms with Crippen LogP contribution in [0.2, 0.25) is 0 Å². The van der Waals surface area contributed by atoms with E-state index in [2.05, 4.69) is 32.8 Å². The van der Waals surface area contributed by atoms with E-state index < -0.39 is 0 Å². The highest BCUT2D eigenvalue weighted by molar-refractivity contribution is 7.18. The van der Waals surface area contributed by atoms with E-state index in [1.165, 1.54) is 0 Å². The first kappa shape index (κ1) is 20.4. The summed E-state index contributed by atoms with van der Waals surface area (Å²) in [4.78, 5) is 16.6. The zero-order valence-corrected chi connectivity index (χ0v) is 17.7. The van der Waals surface area contributed by atoms with Crippen molar-refractivity contribution in [3.05, 3.63) is 71.2 Å². The Bertz CT molecular complexity index is 1320. The van der Waals surface area contributed by atoms with Crippen LogP contribution in [-0.4, -0.2) is 11.0 Å². The Morgan fingerprint density at radius 2 is 1.90 bits per heavy atom. The number of urea groups is 1. The second kappa shape index (κ2) is 8.88. The highest BCUT2D eigenvalue weighted by Gasteiger charge is 2.13. The van der Waals surface area contributed by atoms with Gasteiger partial charge in [0.05, 0.1) is 10.3 Å². The molecule has 4 rings (SSSR count). The number of rotatable bonds is 4. The molecular weight excluding hydrogens is 406 g/mol. The van der Waals surface area contributed by atoms with E-state index in [0.717, 1.165) is 32.3 Å². The quantitative estimate of drug-likeness (QED) is 0.343. The lowest BCUT2D eigenvalue weighted by molar-refractivity contribution is 0.262. The third kappa shape index (κ3) is 4.36. The molecule has 0 spiro atoms. The molecular formula is C24H21N5OS. The molecule has 6 nitrogen and oxygen atoms in total. The van der Waals surface area contributed by atoms with Gasteiger partial charge in [-0.05, 0) is 47.7 Å². The van der Waals surface area contributed by atoms with E-state index in [9.17, 15) is 4.79 Å². The van der Waals surface area contributed by atoms with Crippen molar-refractivity contribution in [1.29, 1.82) is 0 Å². The molecule has 2 amide bonds. The normalized spacial score (nSPS) is 10.4. The number of hydrogen-bond donors (Lipinski definition) is 4. The van der Waals surface area contributed by atoms with Gasteiger partial charge < -0.3 is 22.1 Å². The molecule has 0 aliphatic heterocycles. The zero-order valence-electron chi connectivity index (χ0n) is 16.9. The summed E-state index contributed by atoms with van der Waals surface area (Å²) in [5.74, 6) is 6.48. The smallest absolute Gasteiger partial charge is 0.323 e. The maximum absolute atomic E-state index is 12.3. The predicted molar refractivity (Wildman–Crippen MR) is 129 cm³/mol. The molecule has 2 aromatic carbocycles. The zero-order chi connectivity index (χ0) is 21.8. The van der Waals surface area contributed by atoms with E-state index in [0.29, 0.717) is 23.7 Å². The highest BCUT2D eigenvalue weighted by Crippen LogP contribution is 2.38. The van der Waals surface area contributed by atoms with Crippen LogP contribution in [0, 0.1) is 11.8 Å². The minimum absolute atomic E-state index is 0.320. The maximum atomic E-state index is 12.3. The average molecular weight is 428 g/mol. The molecule has 2 aromatic heterocycles. The molecule has 0 atom stereocenters. The standard InChI is InChI=1S/C24H21N5OS/c1-2-4-17-13-27-23(26)21-20(14-31-22(17)21)16-7-9-18(10-8-16)28-24(30)29-19-6-3-5-15(11-19)12-25/h3,5-11,13-14H,12,25H2,1H3,(H2,26,27)(H2,28,29,30). The van der Waals surface area contributed by atoms with Crippen molar-refractivity contribution in [1.82, 2.24) is 4.98 Å². The maximum Gasteiger partial charge on any atom is 0.323 e. The summed E-state index contributed by atoms with van der Waals surface area (Å²) in [7, 11) is 0. The van der Waals surface area contributed by atoms with Crippen LogP contribution in [0.15, 0.2) is 60.1 Å². The number of aromatic nitrogens is 1. The van der Waals surface area contributed by atoms with Gasteiger partial charge in [-0.15, -0.1) is 17.3 Å². The minimum Gasteiger partial charge on any atom is -0.383 e. The lowest BCUT2D eigenvalue weighted by atomic mass is 10.0. The molecule has 2 heterocycles. The summed E-state index contributed by atoms with van der Waals surface area (Å²) in [6.45, 7) is 2.22. The molecule has 154 valence electrons. The van der Waals surface area contributed by atoms with Crippen LogP contribution in [0.25, 0.3) is 21.2 Å². The van der Waals surface area contributed by atoms with E-state index in [1.54, 1.807) is 24.5 Å². The van der Waals surface area contributed by atoms with Crippen LogP contribution in [0.5, 0.6) is 0 Å². The first-order valence-electron chi connectivity index (χ1n) is 9.65. The number of nitrogens with two attached hydrogens (primary N) is 2. The van der Waals surface area contributed by atoms with Gasteiger partial charge in [0.15, 0.2) is 0 Å². The SMILES string of the molecule is CC#Cc1cnc(N)c2c(-c3ccc(NC(=O)Nc4cccc(CN)c4)cc3)csc12. The van der Waals surface area contributed by atoms with Gasteiger partial charge in [-0.2, -0.15) is 0 Å². The van der Waals surface area contributed by atoms with Crippen LogP contribution in [0.3, 0.4) is 0 Å².